The molecule has 2 saturated heterocycles. The lowest BCUT2D eigenvalue weighted by atomic mass is 9.90. The van der Waals surface area contributed by atoms with Gasteiger partial charge in [0.2, 0.25) is 5.91 Å². The zero-order chi connectivity index (χ0) is 32.4. The number of hydrogen-bond donors (Lipinski definition) is 1. The molecule has 2 unspecified atom stereocenters. The Balaban J connectivity index is 1.18. The van der Waals surface area contributed by atoms with Crippen molar-refractivity contribution in [1.29, 1.82) is 0 Å². The number of rotatable bonds is 9. The number of amides is 2. The Labute approximate surface area is 273 Å². The van der Waals surface area contributed by atoms with Crippen LogP contribution in [0.15, 0.2) is 36.4 Å². The molecule has 2 aliphatic heterocycles. The number of ether oxygens (including phenoxy) is 1. The Hall–Kier alpha value is -3.44. The summed E-state index contributed by atoms with van der Waals surface area (Å²) in [6.07, 6.45) is 4.55. The normalized spacial score (nSPS) is 22.9. The average Bonchev–Trinajstić information content (AvgIpc) is 3.66. The molecule has 1 aromatic heterocycles. The summed E-state index contributed by atoms with van der Waals surface area (Å²) in [4.78, 5) is 29.9. The first-order chi connectivity index (χ1) is 22.1. The Kier molecular flexibility index (Phi) is 9.98. The molecule has 6 rings (SSSR count). The molecule has 1 N–H and O–H groups in total. The van der Waals surface area contributed by atoms with Crippen molar-refractivity contribution >= 4 is 23.2 Å². The maximum absolute atomic E-state index is 15.6. The third kappa shape index (κ3) is 7.41. The van der Waals surface area contributed by atoms with Crippen molar-refractivity contribution in [3.63, 3.8) is 0 Å². The standard InChI is InChI=1S/C35H43F2N5O3S/c1-21(2)34-39-40-35(46-34)23-8-10-26(11-9-23)45-31-18-27(29(37)17-24(31)20-42-19-22(3)16-32(42)43)33(44)38-25-12-14-41(15-13-25)30-7-5-4-6-28(30)36/h8-11,17-18,21-22,25,28,30H,4-7,12-16,19-20H2,1-3H3,(H,38,44)/t22-,28?,30?/m0/s1. The Morgan fingerprint density at radius 3 is 2.48 bits per heavy atom. The summed E-state index contributed by atoms with van der Waals surface area (Å²) in [6, 6.07) is 10.0. The minimum Gasteiger partial charge on any atom is -0.457 e. The number of piperidine rings is 1. The van der Waals surface area contributed by atoms with Gasteiger partial charge in [0.1, 0.15) is 33.5 Å². The second-order valence-electron chi connectivity index (χ2n) is 13.4. The molecule has 1 saturated carbocycles. The van der Waals surface area contributed by atoms with Crippen LogP contribution in [0.1, 0.15) is 92.6 Å². The van der Waals surface area contributed by atoms with Crippen molar-refractivity contribution in [1.82, 2.24) is 25.3 Å². The highest BCUT2D eigenvalue weighted by molar-refractivity contribution is 7.14. The molecular weight excluding hydrogens is 608 g/mol. The zero-order valence-corrected chi connectivity index (χ0v) is 27.6. The van der Waals surface area contributed by atoms with Crippen molar-refractivity contribution in [3.05, 3.63) is 58.3 Å². The van der Waals surface area contributed by atoms with Gasteiger partial charge in [-0.25, -0.2) is 8.78 Å². The van der Waals surface area contributed by atoms with E-state index in [2.05, 4.69) is 34.3 Å². The van der Waals surface area contributed by atoms with Gasteiger partial charge in [0.25, 0.3) is 5.91 Å². The molecule has 246 valence electrons. The first-order valence-corrected chi connectivity index (χ1v) is 17.4. The maximum atomic E-state index is 15.6. The summed E-state index contributed by atoms with van der Waals surface area (Å²) in [5.41, 5.74) is 1.29. The minimum absolute atomic E-state index is 0.0153. The number of nitrogens with one attached hydrogen (secondary N) is 1. The summed E-state index contributed by atoms with van der Waals surface area (Å²) >= 11 is 1.55. The van der Waals surface area contributed by atoms with E-state index in [4.69, 9.17) is 4.74 Å². The number of carbonyl (C=O) groups is 2. The molecule has 3 aromatic rings. The topological polar surface area (TPSA) is 87.7 Å². The summed E-state index contributed by atoms with van der Waals surface area (Å²) in [5.74, 6) is 0.197. The Morgan fingerprint density at radius 1 is 1.09 bits per heavy atom. The lowest BCUT2D eigenvalue weighted by Crippen LogP contribution is -2.51. The summed E-state index contributed by atoms with van der Waals surface area (Å²) in [7, 11) is 0. The number of aromatic nitrogens is 2. The van der Waals surface area contributed by atoms with Gasteiger partial charge in [-0.3, -0.25) is 14.5 Å². The van der Waals surface area contributed by atoms with Crippen LogP contribution in [0.3, 0.4) is 0 Å². The number of benzene rings is 2. The van der Waals surface area contributed by atoms with E-state index in [0.717, 1.165) is 34.8 Å². The molecule has 3 atom stereocenters. The number of alkyl halides is 1. The predicted octanol–water partition coefficient (Wildman–Crippen LogP) is 7.10. The molecule has 8 nitrogen and oxygen atoms in total. The minimum atomic E-state index is -0.789. The van der Waals surface area contributed by atoms with Crippen LogP contribution >= 0.6 is 11.3 Å². The fourth-order valence-electron chi connectivity index (χ4n) is 6.81. The van der Waals surface area contributed by atoms with Crippen LogP contribution in [-0.4, -0.2) is 69.7 Å². The molecule has 2 amide bonds. The summed E-state index contributed by atoms with van der Waals surface area (Å²) < 4.78 is 36.4. The molecule has 3 heterocycles. The van der Waals surface area contributed by atoms with E-state index in [9.17, 15) is 14.0 Å². The van der Waals surface area contributed by atoms with E-state index >= 15 is 4.39 Å². The summed E-state index contributed by atoms with van der Waals surface area (Å²) in [6.45, 7) is 8.36. The lowest BCUT2D eigenvalue weighted by molar-refractivity contribution is -0.128. The van der Waals surface area contributed by atoms with Crippen molar-refractivity contribution in [2.24, 2.45) is 5.92 Å². The van der Waals surface area contributed by atoms with E-state index in [1.807, 2.05) is 31.2 Å². The van der Waals surface area contributed by atoms with Crippen LogP contribution in [0.25, 0.3) is 10.6 Å². The van der Waals surface area contributed by atoms with Gasteiger partial charge in [-0.1, -0.05) is 44.9 Å². The number of hydrogen-bond acceptors (Lipinski definition) is 7. The lowest BCUT2D eigenvalue weighted by Gasteiger charge is -2.40. The Morgan fingerprint density at radius 2 is 1.83 bits per heavy atom. The molecular formula is C35H43F2N5O3S. The predicted molar refractivity (Wildman–Crippen MR) is 174 cm³/mol. The van der Waals surface area contributed by atoms with Gasteiger partial charge in [0, 0.05) is 61.7 Å². The smallest absolute Gasteiger partial charge is 0.254 e. The third-order valence-electron chi connectivity index (χ3n) is 9.41. The maximum Gasteiger partial charge on any atom is 0.254 e. The van der Waals surface area contributed by atoms with Crippen LogP contribution < -0.4 is 10.1 Å². The quantitative estimate of drug-likeness (QED) is 0.266. The number of likely N-dealkylation sites (tertiary alicyclic amines) is 2. The van der Waals surface area contributed by atoms with Crippen molar-refractivity contribution in [3.8, 4) is 22.1 Å². The van der Waals surface area contributed by atoms with Crippen LogP contribution in [0.4, 0.5) is 8.78 Å². The van der Waals surface area contributed by atoms with Crippen molar-refractivity contribution < 1.29 is 23.1 Å². The van der Waals surface area contributed by atoms with Gasteiger partial charge in [-0.2, -0.15) is 0 Å². The molecule has 3 fully saturated rings. The fraction of sp³-hybridized carbons (Fsp3) is 0.543. The largest absolute Gasteiger partial charge is 0.457 e. The van der Waals surface area contributed by atoms with Gasteiger partial charge < -0.3 is 15.0 Å². The van der Waals surface area contributed by atoms with Crippen molar-refractivity contribution in [2.45, 2.75) is 96.4 Å². The Bertz CT molecular complexity index is 1540. The second-order valence-corrected chi connectivity index (χ2v) is 14.4. The monoisotopic (exact) mass is 651 g/mol. The SMILES string of the molecule is CC(C)c1nnc(-c2ccc(Oc3cc(C(=O)NC4CCN(C5CCCCC5F)CC4)c(F)cc3CN3C[C@@H](C)CC3=O)cc2)s1. The molecule has 0 bridgehead atoms. The highest BCUT2D eigenvalue weighted by atomic mass is 32.1. The fourth-order valence-corrected chi connectivity index (χ4v) is 7.66. The number of carbonyl (C=O) groups excluding carboxylic acids is 2. The van der Waals surface area contributed by atoms with Gasteiger partial charge in [-0.15, -0.1) is 10.2 Å². The number of halogens is 2. The first-order valence-electron chi connectivity index (χ1n) is 16.6. The van der Waals surface area contributed by atoms with Gasteiger partial charge in [-0.05, 0) is 68.0 Å². The van der Waals surface area contributed by atoms with Crippen LogP contribution in [0.2, 0.25) is 0 Å². The third-order valence-corrected chi connectivity index (χ3v) is 10.7. The van der Waals surface area contributed by atoms with E-state index in [1.165, 1.54) is 12.1 Å². The van der Waals surface area contributed by atoms with E-state index < -0.39 is 17.9 Å². The van der Waals surface area contributed by atoms with Gasteiger partial charge >= 0.3 is 0 Å². The van der Waals surface area contributed by atoms with Crippen LogP contribution in [0.5, 0.6) is 11.5 Å². The van der Waals surface area contributed by atoms with E-state index in [-0.39, 0.29) is 36.0 Å². The van der Waals surface area contributed by atoms with Crippen LogP contribution in [-0.2, 0) is 11.3 Å². The average molecular weight is 652 g/mol. The molecule has 3 aliphatic rings. The second kappa shape index (κ2) is 14.1. The molecule has 0 radical (unpaired) electrons. The van der Waals surface area contributed by atoms with Gasteiger partial charge in [0.15, 0.2) is 0 Å². The zero-order valence-electron chi connectivity index (χ0n) is 26.8. The highest BCUT2D eigenvalue weighted by Gasteiger charge is 2.33. The number of nitrogens with zero attached hydrogens (tertiary/aromatic N) is 4. The van der Waals surface area contributed by atoms with Crippen molar-refractivity contribution in [2.75, 3.05) is 19.6 Å². The molecule has 46 heavy (non-hydrogen) atoms. The summed E-state index contributed by atoms with van der Waals surface area (Å²) in [5, 5.41) is 13.4. The van der Waals surface area contributed by atoms with E-state index in [1.54, 1.807) is 16.2 Å². The van der Waals surface area contributed by atoms with Crippen LogP contribution in [0, 0.1) is 11.7 Å². The highest BCUT2D eigenvalue weighted by Crippen LogP contribution is 2.34. The van der Waals surface area contributed by atoms with Gasteiger partial charge in [0.05, 0.1) is 5.56 Å². The molecule has 0 spiro atoms. The first kappa shape index (κ1) is 32.5. The molecule has 11 heteroatoms. The molecule has 1 aliphatic carbocycles. The molecule has 2 aromatic carbocycles. The van der Waals surface area contributed by atoms with E-state index in [0.29, 0.717) is 68.3 Å².